The molecular formula is C22H26F2N4O2. The standard InChI is InChI=1S/C22H26F2N4O2/c1-3-22(23,24)17-9-18(11-26-10-17)27-21(30)15-4-5-19-14(2)12-28(7-6-20(25)29)13-16(19)8-15/h4-5,8-11,14H,3,6-7,12-13H2,1-2H3,(H2,25,29)(H,27,30). The van der Waals surface area contributed by atoms with E-state index in [9.17, 15) is 18.4 Å². The van der Waals surface area contributed by atoms with Crippen LogP contribution in [0.4, 0.5) is 14.5 Å². The number of aromatic nitrogens is 1. The Morgan fingerprint density at radius 2 is 2.07 bits per heavy atom. The van der Waals surface area contributed by atoms with Gasteiger partial charge >= 0.3 is 0 Å². The number of nitrogens with one attached hydrogen (secondary N) is 1. The second-order valence-corrected chi connectivity index (χ2v) is 7.74. The molecule has 2 heterocycles. The fourth-order valence-corrected chi connectivity index (χ4v) is 3.71. The first kappa shape index (κ1) is 21.8. The van der Waals surface area contributed by atoms with Crippen LogP contribution in [0.1, 0.15) is 59.7 Å². The molecule has 2 aromatic rings. The average molecular weight is 416 g/mol. The quantitative estimate of drug-likeness (QED) is 0.721. The van der Waals surface area contributed by atoms with Crippen LogP contribution >= 0.6 is 0 Å². The van der Waals surface area contributed by atoms with Gasteiger partial charge in [0.15, 0.2) is 0 Å². The second-order valence-electron chi connectivity index (χ2n) is 7.74. The molecule has 1 aromatic carbocycles. The SMILES string of the molecule is CCC(F)(F)c1cncc(NC(=O)c2ccc3c(c2)CN(CCC(N)=O)CC3C)c1. The molecule has 1 aliphatic heterocycles. The monoisotopic (exact) mass is 416 g/mol. The van der Waals surface area contributed by atoms with Crippen molar-refractivity contribution >= 4 is 17.5 Å². The van der Waals surface area contributed by atoms with Crippen molar-refractivity contribution in [1.29, 1.82) is 0 Å². The summed E-state index contributed by atoms with van der Waals surface area (Å²) >= 11 is 0. The maximum Gasteiger partial charge on any atom is 0.274 e. The number of rotatable bonds is 7. The van der Waals surface area contributed by atoms with Crippen molar-refractivity contribution < 1.29 is 18.4 Å². The Morgan fingerprint density at radius 3 is 2.77 bits per heavy atom. The number of hydrogen-bond donors (Lipinski definition) is 2. The molecule has 0 bridgehead atoms. The first-order valence-corrected chi connectivity index (χ1v) is 9.97. The summed E-state index contributed by atoms with van der Waals surface area (Å²) in [6, 6.07) is 6.73. The molecule has 160 valence electrons. The molecule has 0 saturated heterocycles. The number of primary amides is 1. The predicted octanol–water partition coefficient (Wildman–Crippen LogP) is 3.63. The van der Waals surface area contributed by atoms with Gasteiger partial charge < -0.3 is 11.1 Å². The minimum atomic E-state index is -3.00. The zero-order valence-corrected chi connectivity index (χ0v) is 17.1. The lowest BCUT2D eigenvalue weighted by molar-refractivity contribution is -0.118. The molecule has 1 unspecified atom stereocenters. The lowest BCUT2D eigenvalue weighted by Crippen LogP contribution is -2.35. The fourth-order valence-electron chi connectivity index (χ4n) is 3.71. The molecule has 1 atom stereocenters. The van der Waals surface area contributed by atoms with Gasteiger partial charge in [-0.05, 0) is 35.2 Å². The van der Waals surface area contributed by atoms with Gasteiger partial charge in [0, 0.05) is 49.8 Å². The summed E-state index contributed by atoms with van der Waals surface area (Å²) in [5, 5.41) is 2.65. The first-order valence-electron chi connectivity index (χ1n) is 9.97. The number of anilines is 1. The second kappa shape index (κ2) is 8.87. The number of fused-ring (bicyclic) bond motifs is 1. The number of alkyl halides is 2. The minimum Gasteiger partial charge on any atom is -0.370 e. The lowest BCUT2D eigenvalue weighted by atomic mass is 9.89. The highest BCUT2D eigenvalue weighted by Gasteiger charge is 2.29. The van der Waals surface area contributed by atoms with Crippen molar-refractivity contribution in [3.8, 4) is 0 Å². The number of nitrogens with zero attached hydrogens (tertiary/aromatic N) is 2. The van der Waals surface area contributed by atoms with Gasteiger partial charge in [-0.3, -0.25) is 19.5 Å². The Hall–Kier alpha value is -2.87. The predicted molar refractivity (Wildman–Crippen MR) is 110 cm³/mol. The summed E-state index contributed by atoms with van der Waals surface area (Å²) in [5.41, 5.74) is 7.85. The Bertz CT molecular complexity index is 948. The molecule has 1 aliphatic rings. The number of pyridine rings is 1. The van der Waals surface area contributed by atoms with Crippen molar-refractivity contribution in [2.45, 2.75) is 45.1 Å². The molecule has 2 amide bonds. The van der Waals surface area contributed by atoms with E-state index in [0.717, 1.165) is 23.9 Å². The van der Waals surface area contributed by atoms with Gasteiger partial charge in [0.1, 0.15) is 0 Å². The van der Waals surface area contributed by atoms with Crippen molar-refractivity contribution in [3.63, 3.8) is 0 Å². The van der Waals surface area contributed by atoms with Crippen molar-refractivity contribution in [2.75, 3.05) is 18.4 Å². The van der Waals surface area contributed by atoms with E-state index in [4.69, 9.17) is 5.73 Å². The third kappa shape index (κ3) is 4.99. The minimum absolute atomic E-state index is 0.222. The number of carbonyl (C=O) groups excluding carboxylic acids is 2. The molecule has 0 radical (unpaired) electrons. The van der Waals surface area contributed by atoms with E-state index in [0.29, 0.717) is 18.7 Å². The van der Waals surface area contributed by atoms with Gasteiger partial charge in [-0.15, -0.1) is 0 Å². The smallest absolute Gasteiger partial charge is 0.274 e. The zero-order chi connectivity index (χ0) is 21.9. The van der Waals surface area contributed by atoms with Crippen LogP contribution in [0, 0.1) is 0 Å². The van der Waals surface area contributed by atoms with Crippen LogP contribution < -0.4 is 11.1 Å². The van der Waals surface area contributed by atoms with Crippen LogP contribution in [0.15, 0.2) is 36.7 Å². The van der Waals surface area contributed by atoms with E-state index in [1.807, 2.05) is 12.1 Å². The van der Waals surface area contributed by atoms with Gasteiger partial charge in [0.05, 0.1) is 11.9 Å². The van der Waals surface area contributed by atoms with E-state index in [-0.39, 0.29) is 35.9 Å². The zero-order valence-electron chi connectivity index (χ0n) is 17.1. The molecule has 8 heteroatoms. The van der Waals surface area contributed by atoms with E-state index in [1.165, 1.54) is 19.2 Å². The molecule has 0 spiro atoms. The molecular weight excluding hydrogens is 390 g/mol. The van der Waals surface area contributed by atoms with Gasteiger partial charge in [0.2, 0.25) is 5.91 Å². The summed E-state index contributed by atoms with van der Waals surface area (Å²) < 4.78 is 27.8. The summed E-state index contributed by atoms with van der Waals surface area (Å²) in [6.07, 6.45) is 2.40. The van der Waals surface area contributed by atoms with Crippen molar-refractivity contribution in [1.82, 2.24) is 9.88 Å². The Labute approximate surface area is 174 Å². The molecule has 1 aromatic heterocycles. The van der Waals surface area contributed by atoms with Crippen molar-refractivity contribution in [2.24, 2.45) is 5.73 Å². The number of benzene rings is 1. The molecule has 0 saturated carbocycles. The van der Waals surface area contributed by atoms with Gasteiger partial charge in [-0.25, -0.2) is 8.78 Å². The average Bonchev–Trinajstić information content (AvgIpc) is 2.72. The highest BCUT2D eigenvalue weighted by molar-refractivity contribution is 6.04. The third-order valence-corrected chi connectivity index (χ3v) is 5.40. The number of nitrogens with two attached hydrogens (primary N) is 1. The maximum atomic E-state index is 13.9. The highest BCUT2D eigenvalue weighted by Crippen LogP contribution is 2.32. The summed E-state index contributed by atoms with van der Waals surface area (Å²) in [6.45, 7) is 5.50. The molecule has 0 aliphatic carbocycles. The topological polar surface area (TPSA) is 88.3 Å². The van der Waals surface area contributed by atoms with Crippen molar-refractivity contribution in [3.05, 3.63) is 58.9 Å². The summed E-state index contributed by atoms with van der Waals surface area (Å²) in [7, 11) is 0. The van der Waals surface area contributed by atoms with Gasteiger partial charge in [-0.1, -0.05) is 19.9 Å². The number of amides is 2. The number of hydrogen-bond acceptors (Lipinski definition) is 4. The lowest BCUT2D eigenvalue weighted by Gasteiger charge is -2.33. The summed E-state index contributed by atoms with van der Waals surface area (Å²) in [5.74, 6) is -3.47. The van der Waals surface area contributed by atoms with Gasteiger partial charge in [-0.2, -0.15) is 0 Å². The van der Waals surface area contributed by atoms with Crippen LogP contribution in [0.3, 0.4) is 0 Å². The van der Waals surface area contributed by atoms with Gasteiger partial charge in [0.25, 0.3) is 11.8 Å². The van der Waals surface area contributed by atoms with E-state index >= 15 is 0 Å². The van der Waals surface area contributed by atoms with E-state index in [2.05, 4.69) is 22.1 Å². The normalized spacial score (nSPS) is 16.7. The Kier molecular flexibility index (Phi) is 6.45. The third-order valence-electron chi connectivity index (χ3n) is 5.40. The first-order chi connectivity index (χ1) is 14.2. The summed E-state index contributed by atoms with van der Waals surface area (Å²) in [4.78, 5) is 29.8. The molecule has 3 rings (SSSR count). The van der Waals surface area contributed by atoms with Crippen LogP contribution in [-0.4, -0.2) is 34.8 Å². The van der Waals surface area contributed by atoms with E-state index in [1.54, 1.807) is 6.07 Å². The molecule has 0 fully saturated rings. The Balaban J connectivity index is 1.76. The van der Waals surface area contributed by atoms with Crippen LogP contribution in [0.2, 0.25) is 0 Å². The maximum absolute atomic E-state index is 13.9. The highest BCUT2D eigenvalue weighted by atomic mass is 19.3. The van der Waals surface area contributed by atoms with Crippen LogP contribution in [-0.2, 0) is 17.3 Å². The largest absolute Gasteiger partial charge is 0.370 e. The van der Waals surface area contributed by atoms with Crippen LogP contribution in [0.5, 0.6) is 0 Å². The molecule has 6 nitrogen and oxygen atoms in total. The molecule has 30 heavy (non-hydrogen) atoms. The fraction of sp³-hybridized carbons (Fsp3) is 0.409. The van der Waals surface area contributed by atoms with Crippen LogP contribution in [0.25, 0.3) is 0 Å². The number of carbonyl (C=O) groups is 2. The van der Waals surface area contributed by atoms with E-state index < -0.39 is 11.8 Å². The number of halogens is 2. The molecule has 3 N–H and O–H groups in total. The Morgan fingerprint density at radius 1 is 1.30 bits per heavy atom.